The molecule has 0 unspecified atom stereocenters. The topological polar surface area (TPSA) is 69.6 Å². The number of oxazole rings is 1. The third-order valence-electron chi connectivity index (χ3n) is 3.06. The van der Waals surface area contributed by atoms with Crippen LogP contribution in [0.4, 0.5) is 0 Å². The maximum Gasteiger partial charge on any atom is 0.230 e. The molecule has 0 saturated carbocycles. The first-order chi connectivity index (χ1) is 10.3. The summed E-state index contributed by atoms with van der Waals surface area (Å²) in [6.07, 6.45) is 4.89. The van der Waals surface area contributed by atoms with E-state index in [4.69, 9.17) is 16.0 Å². The standard InChI is InChI=1S/C14H8ClN5O/c15-11-4-3-9(20-7-17-18-8-20)6-10(11)14-19-13-12(21-14)2-1-5-16-13/h1-8H. The summed E-state index contributed by atoms with van der Waals surface area (Å²) in [6, 6.07) is 9.14. The van der Waals surface area contributed by atoms with Crippen molar-refractivity contribution in [2.75, 3.05) is 0 Å². The molecular formula is C14H8ClN5O. The lowest BCUT2D eigenvalue weighted by Crippen LogP contribution is -1.91. The maximum absolute atomic E-state index is 6.26. The van der Waals surface area contributed by atoms with Crippen LogP contribution in [0.2, 0.25) is 5.02 Å². The highest BCUT2D eigenvalue weighted by atomic mass is 35.5. The van der Waals surface area contributed by atoms with Crippen molar-refractivity contribution in [3.8, 4) is 17.1 Å². The van der Waals surface area contributed by atoms with E-state index in [-0.39, 0.29) is 0 Å². The van der Waals surface area contributed by atoms with Crippen LogP contribution in [0.25, 0.3) is 28.4 Å². The Kier molecular flexibility index (Phi) is 2.68. The average Bonchev–Trinajstić information content (AvgIpc) is 3.17. The molecule has 7 heteroatoms. The molecule has 6 nitrogen and oxygen atoms in total. The van der Waals surface area contributed by atoms with Crippen LogP contribution in [0.5, 0.6) is 0 Å². The Morgan fingerprint density at radius 3 is 2.76 bits per heavy atom. The summed E-state index contributed by atoms with van der Waals surface area (Å²) in [5, 5.41) is 8.13. The smallest absolute Gasteiger partial charge is 0.230 e. The summed E-state index contributed by atoms with van der Waals surface area (Å²) in [5.74, 6) is 0.434. The van der Waals surface area contributed by atoms with Crippen molar-refractivity contribution in [2.45, 2.75) is 0 Å². The van der Waals surface area contributed by atoms with E-state index < -0.39 is 0 Å². The Balaban J connectivity index is 1.89. The van der Waals surface area contributed by atoms with Crippen molar-refractivity contribution in [1.29, 1.82) is 0 Å². The van der Waals surface area contributed by atoms with E-state index in [1.54, 1.807) is 35.6 Å². The normalized spacial score (nSPS) is 11.1. The molecule has 0 bridgehead atoms. The van der Waals surface area contributed by atoms with Crippen molar-refractivity contribution in [2.24, 2.45) is 0 Å². The molecule has 1 aromatic carbocycles. The number of aromatic nitrogens is 5. The number of halogens is 1. The van der Waals surface area contributed by atoms with Gasteiger partial charge in [-0.25, -0.2) is 4.98 Å². The van der Waals surface area contributed by atoms with Gasteiger partial charge in [0.2, 0.25) is 5.89 Å². The van der Waals surface area contributed by atoms with E-state index in [1.807, 2.05) is 18.2 Å². The summed E-state index contributed by atoms with van der Waals surface area (Å²) >= 11 is 6.26. The number of nitrogens with zero attached hydrogens (tertiary/aromatic N) is 5. The fourth-order valence-electron chi connectivity index (χ4n) is 2.06. The Bertz CT molecular complexity index is 883. The van der Waals surface area contributed by atoms with E-state index in [0.717, 1.165) is 5.69 Å². The molecule has 0 spiro atoms. The van der Waals surface area contributed by atoms with Crippen LogP contribution in [0.3, 0.4) is 0 Å². The highest BCUT2D eigenvalue weighted by Gasteiger charge is 2.13. The van der Waals surface area contributed by atoms with Gasteiger partial charge >= 0.3 is 0 Å². The SMILES string of the molecule is Clc1ccc(-n2cnnc2)cc1-c1nc2ncccc2o1. The molecule has 0 aliphatic heterocycles. The van der Waals surface area contributed by atoms with E-state index in [0.29, 0.717) is 27.7 Å². The van der Waals surface area contributed by atoms with Gasteiger partial charge in [-0.3, -0.25) is 4.57 Å². The van der Waals surface area contributed by atoms with E-state index in [1.165, 1.54) is 0 Å². The summed E-state index contributed by atoms with van der Waals surface area (Å²) in [4.78, 5) is 8.52. The van der Waals surface area contributed by atoms with Gasteiger partial charge in [-0.2, -0.15) is 4.98 Å². The Morgan fingerprint density at radius 1 is 1.10 bits per heavy atom. The molecule has 3 heterocycles. The molecular weight excluding hydrogens is 290 g/mol. The molecule has 4 rings (SSSR count). The highest BCUT2D eigenvalue weighted by molar-refractivity contribution is 6.33. The van der Waals surface area contributed by atoms with E-state index in [2.05, 4.69) is 20.2 Å². The average molecular weight is 298 g/mol. The first-order valence-electron chi connectivity index (χ1n) is 6.18. The van der Waals surface area contributed by atoms with Gasteiger partial charge in [0.25, 0.3) is 0 Å². The second-order valence-corrected chi connectivity index (χ2v) is 4.78. The highest BCUT2D eigenvalue weighted by Crippen LogP contribution is 2.31. The molecule has 0 N–H and O–H groups in total. The quantitative estimate of drug-likeness (QED) is 0.568. The number of rotatable bonds is 2. The predicted octanol–water partition coefficient (Wildman–Crippen LogP) is 3.12. The summed E-state index contributed by atoms with van der Waals surface area (Å²) in [7, 11) is 0. The molecule has 4 aromatic rings. The van der Waals surface area contributed by atoms with Crippen LogP contribution >= 0.6 is 11.6 Å². The zero-order valence-corrected chi connectivity index (χ0v) is 11.4. The van der Waals surface area contributed by atoms with Gasteiger partial charge < -0.3 is 4.42 Å². The van der Waals surface area contributed by atoms with Crippen LogP contribution < -0.4 is 0 Å². The number of benzene rings is 1. The first-order valence-corrected chi connectivity index (χ1v) is 6.55. The lowest BCUT2D eigenvalue weighted by atomic mass is 10.2. The molecule has 0 saturated heterocycles. The number of pyridine rings is 1. The van der Waals surface area contributed by atoms with Crippen molar-refractivity contribution >= 4 is 22.8 Å². The Morgan fingerprint density at radius 2 is 1.95 bits per heavy atom. The van der Waals surface area contributed by atoms with Crippen LogP contribution in [-0.2, 0) is 0 Å². The minimum absolute atomic E-state index is 0.434. The summed E-state index contributed by atoms with van der Waals surface area (Å²) in [5.41, 5.74) is 2.74. The number of hydrogen-bond donors (Lipinski definition) is 0. The van der Waals surface area contributed by atoms with Crippen LogP contribution in [0.15, 0.2) is 53.6 Å². The molecule has 21 heavy (non-hydrogen) atoms. The second-order valence-electron chi connectivity index (χ2n) is 4.38. The monoisotopic (exact) mass is 297 g/mol. The molecule has 0 atom stereocenters. The lowest BCUT2D eigenvalue weighted by molar-refractivity contribution is 0.619. The molecule has 0 aliphatic carbocycles. The second kappa shape index (κ2) is 4.68. The molecule has 0 fully saturated rings. The predicted molar refractivity (Wildman–Crippen MR) is 77.2 cm³/mol. The van der Waals surface area contributed by atoms with Crippen molar-refractivity contribution in [1.82, 2.24) is 24.7 Å². The van der Waals surface area contributed by atoms with Crippen LogP contribution in [0.1, 0.15) is 0 Å². The van der Waals surface area contributed by atoms with Gasteiger partial charge in [0, 0.05) is 11.9 Å². The van der Waals surface area contributed by atoms with Crippen molar-refractivity contribution < 1.29 is 4.42 Å². The zero-order chi connectivity index (χ0) is 14.2. The maximum atomic E-state index is 6.26. The Labute approximate surface area is 124 Å². The largest absolute Gasteiger partial charge is 0.434 e. The summed E-state index contributed by atoms with van der Waals surface area (Å²) in [6.45, 7) is 0. The van der Waals surface area contributed by atoms with E-state index in [9.17, 15) is 0 Å². The van der Waals surface area contributed by atoms with Gasteiger partial charge in [0.05, 0.1) is 10.6 Å². The van der Waals surface area contributed by atoms with Crippen LogP contribution in [0, 0.1) is 0 Å². The number of fused-ring (bicyclic) bond motifs is 1. The molecule has 0 aliphatic rings. The van der Waals surface area contributed by atoms with Gasteiger partial charge in [0.15, 0.2) is 11.2 Å². The van der Waals surface area contributed by atoms with E-state index >= 15 is 0 Å². The van der Waals surface area contributed by atoms with Crippen LogP contribution in [-0.4, -0.2) is 24.7 Å². The third kappa shape index (κ3) is 2.05. The zero-order valence-electron chi connectivity index (χ0n) is 10.6. The molecule has 102 valence electrons. The van der Waals surface area contributed by atoms with Gasteiger partial charge in [0.1, 0.15) is 12.7 Å². The Hall–Kier alpha value is -2.73. The number of hydrogen-bond acceptors (Lipinski definition) is 5. The van der Waals surface area contributed by atoms with Gasteiger partial charge in [-0.1, -0.05) is 11.6 Å². The first kappa shape index (κ1) is 12.0. The fraction of sp³-hybridized carbons (Fsp3) is 0. The minimum Gasteiger partial charge on any atom is -0.434 e. The third-order valence-corrected chi connectivity index (χ3v) is 3.39. The van der Waals surface area contributed by atoms with Crippen molar-refractivity contribution in [3.63, 3.8) is 0 Å². The van der Waals surface area contributed by atoms with Crippen molar-refractivity contribution in [3.05, 3.63) is 54.2 Å². The molecule has 3 aromatic heterocycles. The summed E-state index contributed by atoms with van der Waals surface area (Å²) < 4.78 is 7.49. The van der Waals surface area contributed by atoms with Gasteiger partial charge in [-0.15, -0.1) is 10.2 Å². The lowest BCUT2D eigenvalue weighted by Gasteiger charge is -2.04. The molecule has 0 amide bonds. The minimum atomic E-state index is 0.434. The molecule has 0 radical (unpaired) electrons. The fourth-order valence-corrected chi connectivity index (χ4v) is 2.25. The van der Waals surface area contributed by atoms with Gasteiger partial charge in [-0.05, 0) is 30.3 Å².